The second-order valence-corrected chi connectivity index (χ2v) is 4.02. The largest absolute Gasteiger partial charge is 0.495 e. The van der Waals surface area contributed by atoms with Crippen LogP contribution in [0.2, 0.25) is 5.02 Å². The second-order valence-electron chi connectivity index (χ2n) is 3.05. The molecule has 1 rings (SSSR count). The van der Waals surface area contributed by atoms with Gasteiger partial charge < -0.3 is 4.74 Å². The van der Waals surface area contributed by atoms with Gasteiger partial charge in [0.25, 0.3) is 0 Å². The first-order valence-electron chi connectivity index (χ1n) is 4.59. The smallest absolute Gasteiger partial charge is 0.173 e. The van der Waals surface area contributed by atoms with Crippen LogP contribution < -0.4 is 4.74 Å². The number of aryl methyl sites for hydroxylation is 1. The van der Waals surface area contributed by atoms with E-state index in [2.05, 4.69) is 15.9 Å². The number of carbonyl (C=O) groups is 1. The number of carbonyl (C=O) groups excluding carboxylic acids is 1. The molecule has 15 heavy (non-hydrogen) atoms. The molecule has 0 aliphatic carbocycles. The van der Waals surface area contributed by atoms with Crippen LogP contribution in [0, 0.1) is 0 Å². The van der Waals surface area contributed by atoms with Crippen molar-refractivity contribution in [1.82, 2.24) is 0 Å². The third-order valence-electron chi connectivity index (χ3n) is 2.18. The number of benzene rings is 1. The molecule has 0 aromatic heterocycles. The molecule has 0 aliphatic heterocycles. The number of ether oxygens (including phenoxy) is 1. The normalized spacial score (nSPS) is 10.1. The molecule has 0 heterocycles. The van der Waals surface area contributed by atoms with Gasteiger partial charge in [-0.1, -0.05) is 34.5 Å². The lowest BCUT2D eigenvalue weighted by Crippen LogP contribution is -2.05. The molecule has 1 aromatic carbocycles. The molecule has 0 saturated heterocycles. The zero-order chi connectivity index (χ0) is 11.4. The molecule has 0 saturated carbocycles. The number of Topliss-reactive ketones (excluding diaryl/α,β-unsaturated/α-hetero) is 1. The van der Waals surface area contributed by atoms with Crippen molar-refractivity contribution < 1.29 is 9.53 Å². The Morgan fingerprint density at radius 3 is 2.67 bits per heavy atom. The number of ketones is 1. The van der Waals surface area contributed by atoms with E-state index < -0.39 is 0 Å². The average molecular weight is 292 g/mol. The monoisotopic (exact) mass is 290 g/mol. The number of alkyl halides is 1. The minimum Gasteiger partial charge on any atom is -0.495 e. The maximum absolute atomic E-state index is 11.6. The summed E-state index contributed by atoms with van der Waals surface area (Å²) in [5, 5.41) is 0.779. The first kappa shape index (κ1) is 12.5. The highest BCUT2D eigenvalue weighted by Crippen LogP contribution is 2.28. The summed E-state index contributed by atoms with van der Waals surface area (Å²) in [6.07, 6.45) is 0.779. The molecule has 82 valence electrons. The molecule has 0 bridgehead atoms. The van der Waals surface area contributed by atoms with E-state index in [0.717, 1.165) is 12.0 Å². The van der Waals surface area contributed by atoms with Crippen molar-refractivity contribution in [3.05, 3.63) is 28.3 Å². The Morgan fingerprint density at radius 1 is 1.53 bits per heavy atom. The Bertz CT molecular complexity index is 377. The van der Waals surface area contributed by atoms with Crippen molar-refractivity contribution in [3.8, 4) is 5.75 Å². The fourth-order valence-electron chi connectivity index (χ4n) is 1.38. The fraction of sp³-hybridized carbons (Fsp3) is 0.364. The zero-order valence-electron chi connectivity index (χ0n) is 8.64. The van der Waals surface area contributed by atoms with E-state index in [0.29, 0.717) is 21.7 Å². The molecule has 0 N–H and O–H groups in total. The molecule has 0 radical (unpaired) electrons. The van der Waals surface area contributed by atoms with Gasteiger partial charge in [0.15, 0.2) is 5.78 Å². The highest BCUT2D eigenvalue weighted by atomic mass is 79.9. The van der Waals surface area contributed by atoms with Gasteiger partial charge in [0.1, 0.15) is 5.75 Å². The summed E-state index contributed by atoms with van der Waals surface area (Å²) < 4.78 is 5.10. The van der Waals surface area contributed by atoms with Crippen LogP contribution >= 0.6 is 27.5 Å². The van der Waals surface area contributed by atoms with Crippen molar-refractivity contribution in [2.75, 3.05) is 12.4 Å². The van der Waals surface area contributed by atoms with Gasteiger partial charge in [-0.15, -0.1) is 0 Å². The summed E-state index contributed by atoms with van der Waals surface area (Å²) in [6, 6.07) is 3.49. The molecule has 0 unspecified atom stereocenters. The molecule has 0 amide bonds. The van der Waals surface area contributed by atoms with Gasteiger partial charge in [-0.2, -0.15) is 0 Å². The summed E-state index contributed by atoms with van der Waals surface area (Å²) in [5.74, 6) is 0.649. The number of hydrogen-bond donors (Lipinski definition) is 0. The average Bonchev–Trinajstić information content (AvgIpc) is 2.27. The number of hydrogen-bond acceptors (Lipinski definition) is 2. The van der Waals surface area contributed by atoms with Crippen LogP contribution in [-0.2, 0) is 6.42 Å². The van der Waals surface area contributed by atoms with Crippen molar-refractivity contribution in [3.63, 3.8) is 0 Å². The van der Waals surface area contributed by atoms with Gasteiger partial charge >= 0.3 is 0 Å². The first-order valence-corrected chi connectivity index (χ1v) is 6.09. The SMILES string of the molecule is CCc1cc(OC)c(Cl)cc1C(=O)CBr. The van der Waals surface area contributed by atoms with E-state index in [-0.39, 0.29) is 5.78 Å². The van der Waals surface area contributed by atoms with Crippen LogP contribution in [0.1, 0.15) is 22.8 Å². The van der Waals surface area contributed by atoms with E-state index >= 15 is 0 Å². The summed E-state index contributed by atoms with van der Waals surface area (Å²) in [7, 11) is 1.56. The van der Waals surface area contributed by atoms with Crippen molar-refractivity contribution in [1.29, 1.82) is 0 Å². The lowest BCUT2D eigenvalue weighted by molar-refractivity contribution is 0.102. The Morgan fingerprint density at radius 2 is 2.20 bits per heavy atom. The summed E-state index contributed by atoms with van der Waals surface area (Å²) >= 11 is 9.12. The summed E-state index contributed by atoms with van der Waals surface area (Å²) in [5.41, 5.74) is 1.63. The molecule has 2 nitrogen and oxygen atoms in total. The third kappa shape index (κ3) is 2.73. The Kier molecular flexibility index (Phi) is 4.61. The van der Waals surface area contributed by atoms with Crippen LogP contribution in [-0.4, -0.2) is 18.2 Å². The van der Waals surface area contributed by atoms with E-state index in [4.69, 9.17) is 16.3 Å². The van der Waals surface area contributed by atoms with Gasteiger partial charge in [0.05, 0.1) is 17.5 Å². The van der Waals surface area contributed by atoms with Crippen LogP contribution in [0.3, 0.4) is 0 Å². The number of rotatable bonds is 4. The van der Waals surface area contributed by atoms with Crippen LogP contribution in [0.5, 0.6) is 5.75 Å². The summed E-state index contributed by atoms with van der Waals surface area (Å²) in [6.45, 7) is 1.99. The lowest BCUT2D eigenvalue weighted by atomic mass is 10.0. The third-order valence-corrected chi connectivity index (χ3v) is 2.98. The number of halogens is 2. The predicted octanol–water partition coefficient (Wildman–Crippen LogP) is 3.49. The standard InChI is InChI=1S/C11H12BrClO2/c1-3-7-4-11(15-2)9(13)5-8(7)10(14)6-12/h4-5H,3,6H2,1-2H3. The fourth-order valence-corrected chi connectivity index (χ4v) is 1.92. The molecular formula is C11H12BrClO2. The van der Waals surface area contributed by atoms with Crippen molar-refractivity contribution >= 4 is 33.3 Å². The Balaban J connectivity index is 3.27. The second kappa shape index (κ2) is 5.52. The topological polar surface area (TPSA) is 26.3 Å². The molecule has 0 spiro atoms. The van der Waals surface area contributed by atoms with Crippen LogP contribution in [0.15, 0.2) is 12.1 Å². The van der Waals surface area contributed by atoms with E-state index in [1.807, 2.05) is 13.0 Å². The van der Waals surface area contributed by atoms with E-state index in [1.165, 1.54) is 0 Å². The number of methoxy groups -OCH3 is 1. The van der Waals surface area contributed by atoms with Crippen molar-refractivity contribution in [2.45, 2.75) is 13.3 Å². The quantitative estimate of drug-likeness (QED) is 0.627. The molecule has 1 aromatic rings. The van der Waals surface area contributed by atoms with Crippen LogP contribution in [0.4, 0.5) is 0 Å². The zero-order valence-corrected chi connectivity index (χ0v) is 11.0. The maximum Gasteiger partial charge on any atom is 0.173 e. The molecule has 4 heteroatoms. The van der Waals surface area contributed by atoms with E-state index in [1.54, 1.807) is 13.2 Å². The maximum atomic E-state index is 11.6. The van der Waals surface area contributed by atoms with Gasteiger partial charge in [-0.3, -0.25) is 4.79 Å². The van der Waals surface area contributed by atoms with Gasteiger partial charge in [0.2, 0.25) is 0 Å². The Labute approximate surface area is 103 Å². The Hall–Kier alpha value is -0.540. The highest BCUT2D eigenvalue weighted by Gasteiger charge is 2.13. The predicted molar refractivity (Wildman–Crippen MR) is 65.5 cm³/mol. The van der Waals surface area contributed by atoms with Gasteiger partial charge in [-0.25, -0.2) is 0 Å². The lowest BCUT2D eigenvalue weighted by Gasteiger charge is -2.10. The minimum absolute atomic E-state index is 0.0383. The highest BCUT2D eigenvalue weighted by molar-refractivity contribution is 9.09. The van der Waals surface area contributed by atoms with Crippen molar-refractivity contribution in [2.24, 2.45) is 0 Å². The summed E-state index contributed by atoms with van der Waals surface area (Å²) in [4.78, 5) is 11.6. The minimum atomic E-state index is 0.0383. The molecule has 0 atom stereocenters. The molecule has 0 fully saturated rings. The van der Waals surface area contributed by atoms with Gasteiger partial charge in [0, 0.05) is 5.56 Å². The first-order chi connectivity index (χ1) is 7.13. The van der Waals surface area contributed by atoms with E-state index in [9.17, 15) is 4.79 Å². The molecular weight excluding hydrogens is 279 g/mol. The van der Waals surface area contributed by atoms with Gasteiger partial charge in [-0.05, 0) is 24.1 Å². The molecule has 0 aliphatic rings. The van der Waals surface area contributed by atoms with Crippen LogP contribution in [0.25, 0.3) is 0 Å².